The molecule has 1 aromatic rings. The second kappa shape index (κ2) is 13.7. The number of hydrogen-bond acceptors (Lipinski definition) is 4. The Bertz CT molecular complexity index is 659. The van der Waals surface area contributed by atoms with Crippen LogP contribution in [0.3, 0.4) is 0 Å². The zero-order chi connectivity index (χ0) is 21.6. The number of hydrogen-bond donors (Lipinski definition) is 2. The molecule has 0 radical (unpaired) electrons. The molecule has 0 saturated carbocycles. The molecule has 162 valence electrons. The number of esters is 1. The fraction of sp³-hybridized carbons (Fsp3) is 0.609. The first-order valence-corrected chi connectivity index (χ1v) is 10.7. The van der Waals surface area contributed by atoms with E-state index in [0.29, 0.717) is 0 Å². The number of carboxylic acids is 2. The molecule has 0 aliphatic rings. The van der Waals surface area contributed by atoms with Crippen LogP contribution in [0.15, 0.2) is 18.2 Å². The molecule has 0 fully saturated rings. The standard InChI is InChI=1S/C23H34O6/c1-3-5-10-17(11-6-4-2)12-8-7-9-15-29-23(28)19-14-13-18(21(24)25)16-20(19)22(26)27/h13-14,16-17H,3-12,15H2,1-2H3,(H,24,25)(H,26,27). The third-order valence-electron chi connectivity index (χ3n) is 5.14. The molecule has 0 atom stereocenters. The predicted octanol–water partition coefficient (Wildman–Crippen LogP) is 5.80. The van der Waals surface area contributed by atoms with Gasteiger partial charge in [-0.15, -0.1) is 0 Å². The van der Waals surface area contributed by atoms with Crippen LogP contribution in [0.1, 0.15) is 109 Å². The van der Waals surface area contributed by atoms with Crippen LogP contribution in [0.4, 0.5) is 0 Å². The molecule has 1 aromatic carbocycles. The van der Waals surface area contributed by atoms with E-state index in [1.54, 1.807) is 0 Å². The molecule has 1 rings (SSSR count). The maximum atomic E-state index is 12.2. The summed E-state index contributed by atoms with van der Waals surface area (Å²) in [5.41, 5.74) is -0.661. The number of rotatable bonds is 15. The summed E-state index contributed by atoms with van der Waals surface area (Å²) >= 11 is 0. The van der Waals surface area contributed by atoms with Crippen molar-refractivity contribution in [2.45, 2.75) is 78.1 Å². The summed E-state index contributed by atoms with van der Waals surface area (Å²) in [6.07, 6.45) is 11.6. The minimum Gasteiger partial charge on any atom is -0.478 e. The third kappa shape index (κ3) is 9.11. The van der Waals surface area contributed by atoms with Crippen molar-refractivity contribution in [2.24, 2.45) is 5.92 Å². The number of carbonyl (C=O) groups is 3. The van der Waals surface area contributed by atoms with Crippen molar-refractivity contribution in [3.63, 3.8) is 0 Å². The van der Waals surface area contributed by atoms with Gasteiger partial charge < -0.3 is 14.9 Å². The van der Waals surface area contributed by atoms with Crippen molar-refractivity contribution in [3.8, 4) is 0 Å². The normalized spacial score (nSPS) is 10.9. The molecule has 0 spiro atoms. The summed E-state index contributed by atoms with van der Waals surface area (Å²) in [4.78, 5) is 34.5. The van der Waals surface area contributed by atoms with E-state index in [0.717, 1.165) is 31.2 Å². The molecule has 6 heteroatoms. The highest BCUT2D eigenvalue weighted by molar-refractivity contribution is 6.04. The Morgan fingerprint density at radius 3 is 2.00 bits per heavy atom. The molecule has 2 N–H and O–H groups in total. The van der Waals surface area contributed by atoms with E-state index in [1.807, 2.05) is 0 Å². The lowest BCUT2D eigenvalue weighted by Crippen LogP contribution is -2.14. The van der Waals surface area contributed by atoms with Crippen LogP contribution >= 0.6 is 0 Å². The van der Waals surface area contributed by atoms with Crippen molar-refractivity contribution >= 4 is 17.9 Å². The first-order chi connectivity index (χ1) is 13.9. The summed E-state index contributed by atoms with van der Waals surface area (Å²) in [5.74, 6) is -2.56. The molecule has 0 aromatic heterocycles. The van der Waals surface area contributed by atoms with Crippen LogP contribution in [0.25, 0.3) is 0 Å². The minimum atomic E-state index is -1.36. The molecule has 29 heavy (non-hydrogen) atoms. The number of benzene rings is 1. The summed E-state index contributed by atoms with van der Waals surface area (Å²) in [6, 6.07) is 3.38. The van der Waals surface area contributed by atoms with Gasteiger partial charge in [0, 0.05) is 0 Å². The zero-order valence-corrected chi connectivity index (χ0v) is 17.6. The largest absolute Gasteiger partial charge is 0.478 e. The van der Waals surface area contributed by atoms with Gasteiger partial charge in [-0.3, -0.25) is 0 Å². The fourth-order valence-electron chi connectivity index (χ4n) is 3.41. The molecule has 0 bridgehead atoms. The lowest BCUT2D eigenvalue weighted by molar-refractivity contribution is 0.0486. The number of unbranched alkanes of at least 4 members (excludes halogenated alkanes) is 4. The maximum Gasteiger partial charge on any atom is 0.339 e. The first kappa shape index (κ1) is 24.7. The Morgan fingerprint density at radius 1 is 0.828 bits per heavy atom. The number of carbonyl (C=O) groups excluding carboxylic acids is 1. The van der Waals surface area contributed by atoms with E-state index in [1.165, 1.54) is 57.1 Å². The Hall–Kier alpha value is -2.37. The average molecular weight is 407 g/mol. The lowest BCUT2D eigenvalue weighted by Gasteiger charge is -2.16. The quantitative estimate of drug-likeness (QED) is 0.282. The van der Waals surface area contributed by atoms with Crippen LogP contribution in [0.5, 0.6) is 0 Å². The van der Waals surface area contributed by atoms with Gasteiger partial charge in [-0.2, -0.15) is 0 Å². The Balaban J connectivity index is 2.43. The summed E-state index contributed by atoms with van der Waals surface area (Å²) < 4.78 is 5.21. The van der Waals surface area contributed by atoms with Gasteiger partial charge in [0.15, 0.2) is 0 Å². The van der Waals surface area contributed by atoms with Crippen molar-refractivity contribution in [3.05, 3.63) is 34.9 Å². The topological polar surface area (TPSA) is 101 Å². The van der Waals surface area contributed by atoms with Crippen LogP contribution in [0, 0.1) is 5.92 Å². The molecular weight excluding hydrogens is 372 g/mol. The molecule has 0 aliphatic carbocycles. The van der Waals surface area contributed by atoms with Crippen molar-refractivity contribution < 1.29 is 29.3 Å². The average Bonchev–Trinajstić information content (AvgIpc) is 2.71. The highest BCUT2D eigenvalue weighted by Gasteiger charge is 2.20. The molecule has 0 heterocycles. The van der Waals surface area contributed by atoms with Gasteiger partial charge in [0.05, 0.1) is 23.3 Å². The molecular formula is C23H34O6. The van der Waals surface area contributed by atoms with Crippen LogP contribution in [0.2, 0.25) is 0 Å². The summed E-state index contributed by atoms with van der Waals surface area (Å²) in [6.45, 7) is 4.67. The molecule has 0 amide bonds. The second-order valence-electron chi connectivity index (χ2n) is 7.51. The van der Waals surface area contributed by atoms with Gasteiger partial charge in [0.25, 0.3) is 0 Å². The smallest absolute Gasteiger partial charge is 0.339 e. The number of carboxylic acid groups (broad SMARTS) is 2. The molecule has 0 saturated heterocycles. The van der Waals surface area contributed by atoms with Gasteiger partial charge in [0.2, 0.25) is 0 Å². The summed E-state index contributed by atoms with van der Waals surface area (Å²) in [7, 11) is 0. The number of aromatic carboxylic acids is 2. The zero-order valence-electron chi connectivity index (χ0n) is 17.6. The number of ether oxygens (including phenoxy) is 1. The first-order valence-electron chi connectivity index (χ1n) is 10.7. The Labute approximate surface area is 173 Å². The van der Waals surface area contributed by atoms with Crippen LogP contribution in [-0.4, -0.2) is 34.7 Å². The van der Waals surface area contributed by atoms with Gasteiger partial charge in [0.1, 0.15) is 0 Å². The monoisotopic (exact) mass is 406 g/mol. The van der Waals surface area contributed by atoms with E-state index < -0.39 is 17.9 Å². The minimum absolute atomic E-state index is 0.123. The second-order valence-corrected chi connectivity index (χ2v) is 7.51. The van der Waals surface area contributed by atoms with Crippen molar-refractivity contribution in [2.75, 3.05) is 6.61 Å². The van der Waals surface area contributed by atoms with E-state index in [4.69, 9.17) is 9.84 Å². The Morgan fingerprint density at radius 2 is 1.45 bits per heavy atom. The predicted molar refractivity (Wildman–Crippen MR) is 112 cm³/mol. The highest BCUT2D eigenvalue weighted by Crippen LogP contribution is 2.22. The van der Waals surface area contributed by atoms with E-state index >= 15 is 0 Å². The van der Waals surface area contributed by atoms with Crippen molar-refractivity contribution in [1.29, 1.82) is 0 Å². The molecule has 0 aliphatic heterocycles. The molecule has 0 unspecified atom stereocenters. The lowest BCUT2D eigenvalue weighted by atomic mass is 9.91. The van der Waals surface area contributed by atoms with Gasteiger partial charge >= 0.3 is 17.9 Å². The van der Waals surface area contributed by atoms with Gasteiger partial charge in [-0.25, -0.2) is 14.4 Å². The van der Waals surface area contributed by atoms with Gasteiger partial charge in [-0.05, 0) is 30.5 Å². The summed E-state index contributed by atoms with van der Waals surface area (Å²) in [5, 5.41) is 18.2. The maximum absolute atomic E-state index is 12.2. The third-order valence-corrected chi connectivity index (χ3v) is 5.14. The van der Waals surface area contributed by atoms with Crippen LogP contribution in [-0.2, 0) is 4.74 Å². The molecule has 6 nitrogen and oxygen atoms in total. The Kier molecular flexibility index (Phi) is 11.7. The van der Waals surface area contributed by atoms with E-state index in [-0.39, 0.29) is 23.3 Å². The van der Waals surface area contributed by atoms with Crippen molar-refractivity contribution in [1.82, 2.24) is 0 Å². The fourth-order valence-corrected chi connectivity index (χ4v) is 3.41. The van der Waals surface area contributed by atoms with E-state index in [9.17, 15) is 19.5 Å². The van der Waals surface area contributed by atoms with Gasteiger partial charge in [-0.1, -0.05) is 71.6 Å². The van der Waals surface area contributed by atoms with E-state index in [2.05, 4.69) is 13.8 Å². The van der Waals surface area contributed by atoms with Crippen LogP contribution < -0.4 is 0 Å². The highest BCUT2D eigenvalue weighted by atomic mass is 16.5. The SMILES string of the molecule is CCCCC(CCCC)CCCCCOC(=O)c1ccc(C(=O)O)cc1C(=O)O.